The van der Waals surface area contributed by atoms with Gasteiger partial charge < -0.3 is 4.57 Å². The van der Waals surface area contributed by atoms with Crippen molar-refractivity contribution in [1.29, 1.82) is 0 Å². The van der Waals surface area contributed by atoms with Gasteiger partial charge in [0, 0.05) is 22.4 Å². The first kappa shape index (κ1) is 24.9. The van der Waals surface area contributed by atoms with Crippen LogP contribution in [0.5, 0.6) is 0 Å². The van der Waals surface area contributed by atoms with Gasteiger partial charge in [0.2, 0.25) is 0 Å². The van der Waals surface area contributed by atoms with Crippen molar-refractivity contribution in [3.05, 3.63) is 187 Å². The van der Waals surface area contributed by atoms with Crippen LogP contribution in [0.2, 0.25) is 0 Å². The third-order valence-corrected chi connectivity index (χ3v) is 9.30. The lowest BCUT2D eigenvalue weighted by molar-refractivity contribution is 1.02. The van der Waals surface area contributed by atoms with Crippen molar-refractivity contribution in [1.82, 2.24) is 4.57 Å². The second-order valence-corrected chi connectivity index (χ2v) is 11.7. The lowest BCUT2D eigenvalue weighted by Gasteiger charge is -2.16. The molecule has 0 aliphatic heterocycles. The third kappa shape index (κ3) is 3.87. The maximum atomic E-state index is 2.40. The van der Waals surface area contributed by atoms with Crippen LogP contribution in [0.3, 0.4) is 0 Å². The Morgan fingerprint density at radius 3 is 1.70 bits per heavy atom. The van der Waals surface area contributed by atoms with E-state index in [0.29, 0.717) is 0 Å². The quantitative estimate of drug-likeness (QED) is 0.202. The molecule has 1 aliphatic rings. The average molecular weight is 560 g/mol. The molecule has 7 aromatic carbocycles. The lowest BCUT2D eigenvalue weighted by atomic mass is 9.88. The van der Waals surface area contributed by atoms with Gasteiger partial charge in [-0.2, -0.15) is 0 Å². The highest BCUT2D eigenvalue weighted by Crippen LogP contribution is 2.49. The van der Waals surface area contributed by atoms with Crippen LogP contribution in [0.15, 0.2) is 170 Å². The van der Waals surface area contributed by atoms with Crippen LogP contribution in [0.25, 0.3) is 60.9 Å². The molecule has 1 aromatic heterocycles. The van der Waals surface area contributed by atoms with Crippen molar-refractivity contribution in [3.8, 4) is 39.1 Å². The highest BCUT2D eigenvalue weighted by molar-refractivity contribution is 6.09. The van der Waals surface area contributed by atoms with Gasteiger partial charge in [-0.25, -0.2) is 0 Å². The monoisotopic (exact) mass is 559 g/mol. The fraction of sp³-hybridized carbons (Fsp3) is 0.0233. The van der Waals surface area contributed by atoms with Gasteiger partial charge in [-0.3, -0.25) is 0 Å². The minimum Gasteiger partial charge on any atom is -0.309 e. The number of fused-ring (bicyclic) bond motifs is 6. The second-order valence-electron chi connectivity index (χ2n) is 11.7. The molecule has 44 heavy (non-hydrogen) atoms. The number of benzene rings is 7. The van der Waals surface area contributed by atoms with Crippen molar-refractivity contribution < 1.29 is 0 Å². The van der Waals surface area contributed by atoms with Crippen LogP contribution in [0.4, 0.5) is 0 Å². The van der Waals surface area contributed by atoms with Gasteiger partial charge in [0.15, 0.2) is 0 Å². The van der Waals surface area contributed by atoms with Crippen molar-refractivity contribution in [2.24, 2.45) is 0 Å². The van der Waals surface area contributed by atoms with Crippen LogP contribution >= 0.6 is 0 Å². The van der Waals surface area contributed by atoms with E-state index >= 15 is 0 Å². The number of para-hydroxylation sites is 2. The molecule has 1 atom stereocenters. The normalized spacial score (nSPS) is 13.7. The van der Waals surface area contributed by atoms with E-state index in [1.807, 2.05) is 0 Å². The molecule has 0 bridgehead atoms. The van der Waals surface area contributed by atoms with Gasteiger partial charge >= 0.3 is 0 Å². The first-order valence-electron chi connectivity index (χ1n) is 15.3. The highest BCUT2D eigenvalue weighted by atomic mass is 15.0. The van der Waals surface area contributed by atoms with Crippen LogP contribution in [-0.4, -0.2) is 4.57 Å². The lowest BCUT2D eigenvalue weighted by Crippen LogP contribution is -1.99. The number of hydrogen-bond acceptors (Lipinski definition) is 0. The molecule has 1 heteroatoms. The summed E-state index contributed by atoms with van der Waals surface area (Å²) in [5.41, 5.74) is 15.4. The fourth-order valence-corrected chi connectivity index (χ4v) is 7.27. The van der Waals surface area contributed by atoms with Gasteiger partial charge in [-0.05, 0) is 80.4 Å². The Kier molecular flexibility index (Phi) is 5.64. The van der Waals surface area contributed by atoms with E-state index in [9.17, 15) is 0 Å². The molecular weight excluding hydrogens is 530 g/mol. The fourth-order valence-electron chi connectivity index (χ4n) is 7.27. The Morgan fingerprint density at radius 2 is 0.932 bits per heavy atom. The molecule has 1 aliphatic carbocycles. The van der Waals surface area contributed by atoms with E-state index in [1.54, 1.807) is 0 Å². The molecule has 1 heterocycles. The Hall–Kier alpha value is -5.66. The van der Waals surface area contributed by atoms with Crippen LogP contribution in [0, 0.1) is 0 Å². The van der Waals surface area contributed by atoms with Crippen molar-refractivity contribution in [2.75, 3.05) is 0 Å². The molecule has 0 saturated carbocycles. The molecule has 8 aromatic rings. The van der Waals surface area contributed by atoms with Crippen LogP contribution in [-0.2, 0) is 0 Å². The summed E-state index contributed by atoms with van der Waals surface area (Å²) in [6, 6.07) is 62.1. The average Bonchev–Trinajstić information content (AvgIpc) is 3.61. The van der Waals surface area contributed by atoms with E-state index in [2.05, 4.69) is 174 Å². The summed E-state index contributed by atoms with van der Waals surface area (Å²) in [4.78, 5) is 0. The maximum absolute atomic E-state index is 2.40. The minimum absolute atomic E-state index is 0.226. The van der Waals surface area contributed by atoms with Gasteiger partial charge in [0.1, 0.15) is 0 Å². The van der Waals surface area contributed by atoms with Crippen LogP contribution < -0.4 is 0 Å². The molecule has 0 fully saturated rings. The predicted octanol–water partition coefficient (Wildman–Crippen LogP) is 11.3. The zero-order chi connectivity index (χ0) is 29.0. The van der Waals surface area contributed by atoms with E-state index in [4.69, 9.17) is 0 Å². The summed E-state index contributed by atoms with van der Waals surface area (Å²) >= 11 is 0. The Morgan fingerprint density at radius 1 is 0.364 bits per heavy atom. The molecule has 1 nitrogen and oxygen atoms in total. The molecular formula is C43H29N. The van der Waals surface area contributed by atoms with Crippen molar-refractivity contribution >= 4 is 21.8 Å². The van der Waals surface area contributed by atoms with E-state index in [1.165, 1.54) is 77.6 Å². The Balaban J connectivity index is 1.14. The Labute approximate surface area is 257 Å². The summed E-state index contributed by atoms with van der Waals surface area (Å²) in [5.74, 6) is 0.226. The van der Waals surface area contributed by atoms with E-state index in [0.717, 1.165) is 0 Å². The van der Waals surface area contributed by atoms with Gasteiger partial charge in [-0.1, -0.05) is 140 Å². The third-order valence-electron chi connectivity index (χ3n) is 9.30. The number of nitrogens with zero attached hydrogens (tertiary/aromatic N) is 1. The first-order chi connectivity index (χ1) is 21.8. The SMILES string of the molecule is c1ccc(-c2ccc(C3c4ccccc4-c4cc(-c5cccc(-n6c7ccccc7c7ccccc76)c5)ccc43)cc2)cc1. The van der Waals surface area contributed by atoms with Gasteiger partial charge in [-0.15, -0.1) is 0 Å². The van der Waals surface area contributed by atoms with Crippen molar-refractivity contribution in [3.63, 3.8) is 0 Å². The molecule has 0 N–H and O–H groups in total. The standard InChI is InChI=1S/C43H29N/c1-2-11-29(12-3-1)30-21-23-31(24-22-30)43-38-18-5-4-15-35(38)40-28-33(25-26-39(40)43)32-13-10-14-34(27-32)44-41-19-8-6-16-36(41)37-17-7-9-20-42(37)44/h1-28,43H. The highest BCUT2D eigenvalue weighted by Gasteiger charge is 2.30. The molecule has 1 unspecified atom stereocenters. The zero-order valence-corrected chi connectivity index (χ0v) is 24.2. The summed E-state index contributed by atoms with van der Waals surface area (Å²) in [5, 5.41) is 2.57. The number of rotatable bonds is 4. The predicted molar refractivity (Wildman–Crippen MR) is 184 cm³/mol. The summed E-state index contributed by atoms with van der Waals surface area (Å²) in [7, 11) is 0. The van der Waals surface area contributed by atoms with Gasteiger partial charge in [0.25, 0.3) is 0 Å². The summed E-state index contributed by atoms with van der Waals surface area (Å²) in [6.45, 7) is 0. The minimum atomic E-state index is 0.226. The second kappa shape index (κ2) is 9.97. The summed E-state index contributed by atoms with van der Waals surface area (Å²) < 4.78 is 2.39. The van der Waals surface area contributed by atoms with Gasteiger partial charge in [0.05, 0.1) is 11.0 Å². The number of aromatic nitrogens is 1. The molecule has 0 spiro atoms. The smallest absolute Gasteiger partial charge is 0.0541 e. The summed E-state index contributed by atoms with van der Waals surface area (Å²) in [6.07, 6.45) is 0. The molecule has 9 rings (SSSR count). The largest absolute Gasteiger partial charge is 0.309 e. The first-order valence-corrected chi connectivity index (χ1v) is 15.3. The topological polar surface area (TPSA) is 4.93 Å². The molecule has 0 amide bonds. The Bertz CT molecular complexity index is 2270. The molecule has 0 saturated heterocycles. The number of hydrogen-bond donors (Lipinski definition) is 0. The molecule has 0 radical (unpaired) electrons. The van der Waals surface area contributed by atoms with Crippen LogP contribution in [0.1, 0.15) is 22.6 Å². The van der Waals surface area contributed by atoms with E-state index < -0.39 is 0 Å². The maximum Gasteiger partial charge on any atom is 0.0541 e. The van der Waals surface area contributed by atoms with Crippen molar-refractivity contribution in [2.45, 2.75) is 5.92 Å². The zero-order valence-electron chi connectivity index (χ0n) is 24.2. The van der Waals surface area contributed by atoms with E-state index in [-0.39, 0.29) is 5.92 Å². The molecule has 206 valence electrons.